The van der Waals surface area contributed by atoms with Crippen LogP contribution in [-0.2, 0) is 4.79 Å². The molecular weight excluding hydrogens is 388 g/mol. The van der Waals surface area contributed by atoms with E-state index in [1.54, 1.807) is 19.2 Å². The molecular formula is C21H22N4O3S. The number of thioether (sulfide) groups is 1. The summed E-state index contributed by atoms with van der Waals surface area (Å²) in [5.74, 6) is 1.86. The number of benzene rings is 2. The highest BCUT2D eigenvalue weighted by Gasteiger charge is 2.36. The molecule has 4 rings (SSSR count). The van der Waals surface area contributed by atoms with E-state index in [2.05, 4.69) is 12.2 Å². The lowest BCUT2D eigenvalue weighted by Crippen LogP contribution is -2.50. The Kier molecular flexibility index (Phi) is 5.44. The fraction of sp³-hybridized carbons (Fsp3) is 0.286. The van der Waals surface area contributed by atoms with Crippen molar-refractivity contribution >= 4 is 28.5 Å². The van der Waals surface area contributed by atoms with E-state index >= 15 is 0 Å². The molecule has 7 nitrogen and oxygen atoms in total. The van der Waals surface area contributed by atoms with Gasteiger partial charge in [0.25, 0.3) is 5.91 Å². The van der Waals surface area contributed by atoms with Crippen LogP contribution in [0.1, 0.15) is 25.1 Å². The molecule has 29 heavy (non-hydrogen) atoms. The lowest BCUT2D eigenvalue weighted by atomic mass is 10.1. The predicted octanol–water partition coefficient (Wildman–Crippen LogP) is 1.99. The van der Waals surface area contributed by atoms with Crippen LogP contribution in [0.2, 0.25) is 0 Å². The Morgan fingerprint density at radius 2 is 1.97 bits per heavy atom. The molecule has 2 aliphatic heterocycles. The molecule has 2 aromatic carbocycles. The van der Waals surface area contributed by atoms with E-state index in [-0.39, 0.29) is 5.91 Å². The number of carbonyl (C=O) groups is 1. The van der Waals surface area contributed by atoms with Crippen molar-refractivity contribution in [2.24, 2.45) is 10.1 Å². The van der Waals surface area contributed by atoms with E-state index in [1.165, 1.54) is 11.8 Å². The average molecular weight is 410 g/mol. The summed E-state index contributed by atoms with van der Waals surface area (Å²) in [6.07, 6.45) is 0.435. The fourth-order valence-electron chi connectivity index (χ4n) is 3.41. The summed E-state index contributed by atoms with van der Waals surface area (Å²) in [7, 11) is 3.19. The highest BCUT2D eigenvalue weighted by molar-refractivity contribution is 8.13. The van der Waals surface area contributed by atoms with Crippen LogP contribution in [0.25, 0.3) is 5.70 Å². The fourth-order valence-corrected chi connectivity index (χ4v) is 4.12. The van der Waals surface area contributed by atoms with Gasteiger partial charge in [-0.25, -0.2) is 5.01 Å². The maximum absolute atomic E-state index is 13.0. The van der Waals surface area contributed by atoms with Crippen molar-refractivity contribution in [3.05, 3.63) is 58.6 Å². The van der Waals surface area contributed by atoms with Gasteiger partial charge in [-0.1, -0.05) is 49.0 Å². The van der Waals surface area contributed by atoms with Crippen molar-refractivity contribution in [1.29, 1.82) is 0 Å². The highest BCUT2D eigenvalue weighted by atomic mass is 32.2. The number of methoxy groups -OCH3 is 2. The number of fused-ring (bicyclic) bond motifs is 2. The molecule has 2 aliphatic rings. The predicted molar refractivity (Wildman–Crippen MR) is 113 cm³/mol. The normalized spacial score (nSPS) is 17.6. The zero-order chi connectivity index (χ0) is 20.4. The number of nitrogens with zero attached hydrogens (tertiary/aromatic N) is 3. The number of amides is 1. The SMILES string of the molecule is CCCSC1=NN2C(=c3ccccc3=N[C@@H]2c2cccc(OC)c2OC)C(=O)N1. The van der Waals surface area contributed by atoms with Crippen molar-refractivity contribution in [2.45, 2.75) is 19.5 Å². The van der Waals surface area contributed by atoms with Crippen LogP contribution in [-0.4, -0.2) is 36.1 Å². The molecule has 1 N–H and O–H groups in total. The second kappa shape index (κ2) is 8.16. The molecule has 0 spiro atoms. The second-order valence-electron chi connectivity index (χ2n) is 6.50. The first-order chi connectivity index (χ1) is 14.2. The largest absolute Gasteiger partial charge is 0.493 e. The van der Waals surface area contributed by atoms with Gasteiger partial charge in [-0.05, 0) is 18.6 Å². The Hall–Kier alpha value is -3.00. The molecule has 1 atom stereocenters. The summed E-state index contributed by atoms with van der Waals surface area (Å²) < 4.78 is 11.1. The van der Waals surface area contributed by atoms with Crippen LogP contribution < -0.4 is 25.4 Å². The summed E-state index contributed by atoms with van der Waals surface area (Å²) >= 11 is 1.52. The van der Waals surface area contributed by atoms with Crippen molar-refractivity contribution in [3.63, 3.8) is 0 Å². The van der Waals surface area contributed by atoms with Crippen molar-refractivity contribution in [3.8, 4) is 11.5 Å². The van der Waals surface area contributed by atoms with Crippen LogP contribution in [0.15, 0.2) is 52.6 Å². The summed E-state index contributed by atoms with van der Waals surface area (Å²) in [4.78, 5) is 17.9. The molecule has 0 aliphatic carbocycles. The highest BCUT2D eigenvalue weighted by Crippen LogP contribution is 2.40. The minimum atomic E-state index is -0.548. The van der Waals surface area contributed by atoms with Gasteiger partial charge >= 0.3 is 0 Å². The van der Waals surface area contributed by atoms with E-state index in [0.717, 1.165) is 28.3 Å². The van der Waals surface area contributed by atoms with Crippen LogP contribution in [0.4, 0.5) is 0 Å². The van der Waals surface area contributed by atoms with Gasteiger partial charge in [0.2, 0.25) is 0 Å². The Labute approximate surface area is 173 Å². The number of rotatable bonds is 5. The zero-order valence-corrected chi connectivity index (χ0v) is 17.3. The molecule has 1 amide bonds. The summed E-state index contributed by atoms with van der Waals surface area (Å²) in [6, 6.07) is 13.2. The standard InChI is InChI=1S/C21H22N4O3S/c1-4-12-29-21-23-20(26)17-13-8-5-6-10-15(13)22-19(25(17)24-21)14-9-7-11-16(27-2)18(14)28-3/h5-11,19H,4,12H2,1-3H3,(H,23,24,26)/t19-/m0/s1. The first-order valence-corrected chi connectivity index (χ1v) is 10.4. The number of para-hydroxylation sites is 2. The zero-order valence-electron chi connectivity index (χ0n) is 16.5. The number of hydrogen-bond donors (Lipinski definition) is 1. The Morgan fingerprint density at radius 1 is 1.14 bits per heavy atom. The molecule has 150 valence electrons. The van der Waals surface area contributed by atoms with Crippen molar-refractivity contribution in [1.82, 2.24) is 10.3 Å². The molecule has 0 aromatic heterocycles. The van der Waals surface area contributed by atoms with E-state index in [0.29, 0.717) is 22.4 Å². The van der Waals surface area contributed by atoms with Crippen LogP contribution in [0, 0.1) is 0 Å². The molecule has 2 heterocycles. The molecule has 0 radical (unpaired) electrons. The summed E-state index contributed by atoms with van der Waals surface area (Å²) in [5, 5.41) is 11.4. The van der Waals surface area contributed by atoms with E-state index < -0.39 is 6.17 Å². The monoisotopic (exact) mass is 410 g/mol. The number of amidine groups is 1. The van der Waals surface area contributed by atoms with Gasteiger partial charge in [-0.2, -0.15) is 0 Å². The van der Waals surface area contributed by atoms with E-state index in [1.807, 2.05) is 42.5 Å². The van der Waals surface area contributed by atoms with Crippen LogP contribution >= 0.6 is 11.8 Å². The second-order valence-corrected chi connectivity index (χ2v) is 7.59. The van der Waals surface area contributed by atoms with Gasteiger partial charge in [0.1, 0.15) is 5.70 Å². The number of ether oxygens (including phenoxy) is 2. The average Bonchev–Trinajstić information content (AvgIpc) is 2.76. The Morgan fingerprint density at radius 3 is 2.72 bits per heavy atom. The maximum Gasteiger partial charge on any atom is 0.276 e. The van der Waals surface area contributed by atoms with Crippen LogP contribution in [0.5, 0.6) is 11.5 Å². The molecule has 0 bridgehead atoms. The lowest BCUT2D eigenvalue weighted by Gasteiger charge is -2.34. The smallest absolute Gasteiger partial charge is 0.276 e. The van der Waals surface area contributed by atoms with Gasteiger partial charge in [-0.3, -0.25) is 15.1 Å². The summed E-state index contributed by atoms with van der Waals surface area (Å²) in [5.41, 5.74) is 1.25. The third-order valence-electron chi connectivity index (χ3n) is 4.67. The van der Waals surface area contributed by atoms with Crippen LogP contribution in [0.3, 0.4) is 0 Å². The first kappa shape index (κ1) is 19.3. The minimum Gasteiger partial charge on any atom is -0.493 e. The molecule has 2 aromatic rings. The number of nitrogens with one attached hydrogen (secondary N) is 1. The van der Waals surface area contributed by atoms with Crippen molar-refractivity contribution < 1.29 is 14.3 Å². The molecule has 0 fully saturated rings. The Bertz CT molecular complexity index is 1100. The van der Waals surface area contributed by atoms with E-state index in [9.17, 15) is 4.79 Å². The maximum atomic E-state index is 13.0. The van der Waals surface area contributed by atoms with E-state index in [4.69, 9.17) is 19.6 Å². The minimum absolute atomic E-state index is 0.187. The van der Waals surface area contributed by atoms with Gasteiger partial charge in [-0.15, -0.1) is 5.10 Å². The molecule has 0 unspecified atom stereocenters. The number of carbonyl (C=O) groups excluding carboxylic acids is 1. The third-order valence-corrected chi connectivity index (χ3v) is 5.74. The van der Waals surface area contributed by atoms with Gasteiger partial charge in [0.15, 0.2) is 22.8 Å². The van der Waals surface area contributed by atoms with Gasteiger partial charge in [0.05, 0.1) is 19.6 Å². The lowest BCUT2D eigenvalue weighted by molar-refractivity contribution is -0.116. The topological polar surface area (TPSA) is 75.5 Å². The molecule has 0 saturated carbocycles. The van der Waals surface area contributed by atoms with Gasteiger partial charge in [0, 0.05) is 16.5 Å². The van der Waals surface area contributed by atoms with Crippen molar-refractivity contribution in [2.75, 3.05) is 20.0 Å². The molecule has 0 saturated heterocycles. The quantitative estimate of drug-likeness (QED) is 0.816. The Balaban J connectivity index is 1.94. The molecule has 8 heteroatoms. The number of hydrazone groups is 1. The summed E-state index contributed by atoms with van der Waals surface area (Å²) in [6.45, 7) is 2.09. The first-order valence-electron chi connectivity index (χ1n) is 9.38. The van der Waals surface area contributed by atoms with Gasteiger partial charge < -0.3 is 9.47 Å². The number of hydrogen-bond acceptors (Lipinski definition) is 7. The third kappa shape index (κ3) is 3.44.